The van der Waals surface area contributed by atoms with Gasteiger partial charge in [-0.2, -0.15) is 0 Å². The normalized spacial score (nSPS) is 12.9. The van der Waals surface area contributed by atoms with Crippen LogP contribution in [0.3, 0.4) is 0 Å². The lowest BCUT2D eigenvalue weighted by molar-refractivity contribution is 0.189. The highest BCUT2D eigenvalue weighted by molar-refractivity contribution is 5.34. The zero-order chi connectivity index (χ0) is 12.7. The molecule has 0 spiro atoms. The maximum Gasteiger partial charge on any atom is 0.120 e. The number of benzene rings is 1. The highest BCUT2D eigenvalue weighted by atomic mass is 16.3. The second-order valence-electron chi connectivity index (χ2n) is 4.52. The monoisotopic (exact) mass is 235 g/mol. The van der Waals surface area contributed by atoms with Crippen molar-refractivity contribution in [2.24, 2.45) is 0 Å². The molecule has 2 nitrogen and oxygen atoms in total. The predicted octanol–water partition coefficient (Wildman–Crippen LogP) is 3.97. The third-order valence-corrected chi connectivity index (χ3v) is 3.14. The van der Waals surface area contributed by atoms with Gasteiger partial charge in [-0.15, -0.1) is 0 Å². The molecular weight excluding hydrogens is 210 g/mol. The predicted molar refractivity (Wildman–Crippen MR) is 73.3 cm³/mol. The molecule has 0 amide bonds. The lowest BCUT2D eigenvalue weighted by atomic mass is 10.0. The Kier molecular flexibility index (Phi) is 6.06. The third-order valence-electron chi connectivity index (χ3n) is 3.14. The molecule has 0 aliphatic heterocycles. The van der Waals surface area contributed by atoms with Crippen LogP contribution in [-0.2, 0) is 0 Å². The van der Waals surface area contributed by atoms with E-state index in [0.29, 0.717) is 11.8 Å². The van der Waals surface area contributed by atoms with Crippen LogP contribution in [0.15, 0.2) is 24.3 Å². The molecule has 1 atom stereocenters. The minimum atomic E-state index is 0.344. The number of nitrogens with zero attached hydrogens (tertiary/aromatic N) is 1. The quantitative estimate of drug-likeness (QED) is 0.773. The summed E-state index contributed by atoms with van der Waals surface area (Å²) in [4.78, 5) is 2.48. The van der Waals surface area contributed by atoms with E-state index in [-0.39, 0.29) is 0 Å². The zero-order valence-corrected chi connectivity index (χ0v) is 11.3. The van der Waals surface area contributed by atoms with E-state index < -0.39 is 0 Å². The summed E-state index contributed by atoms with van der Waals surface area (Å²) in [5, 5.41) is 9.97. The van der Waals surface area contributed by atoms with E-state index >= 15 is 0 Å². The Morgan fingerprint density at radius 3 is 2.12 bits per heavy atom. The van der Waals surface area contributed by atoms with Crippen LogP contribution in [0, 0.1) is 0 Å². The first kappa shape index (κ1) is 14.0. The molecule has 1 unspecified atom stereocenters. The van der Waals surface area contributed by atoms with Crippen LogP contribution in [-0.4, -0.2) is 23.1 Å². The smallest absolute Gasteiger partial charge is 0.120 e. The van der Waals surface area contributed by atoms with Crippen LogP contribution in [0.4, 0.5) is 0 Å². The lowest BCUT2D eigenvalue weighted by Gasteiger charge is -2.31. The Bertz CT molecular complexity index is 318. The summed E-state index contributed by atoms with van der Waals surface area (Å²) in [7, 11) is 0. The van der Waals surface area contributed by atoms with Crippen LogP contribution in [0.1, 0.15) is 51.6 Å². The van der Waals surface area contributed by atoms with Crippen molar-refractivity contribution < 1.29 is 5.11 Å². The molecule has 0 saturated carbocycles. The molecule has 0 saturated heterocycles. The van der Waals surface area contributed by atoms with Crippen molar-refractivity contribution in [2.45, 2.75) is 46.1 Å². The fraction of sp³-hybridized carbons (Fsp3) is 0.600. The summed E-state index contributed by atoms with van der Waals surface area (Å²) >= 11 is 0. The number of hydrogen-bond acceptors (Lipinski definition) is 2. The second kappa shape index (κ2) is 7.33. The summed E-state index contributed by atoms with van der Waals surface area (Å²) in [5.41, 5.74) is 1.07. The first-order chi connectivity index (χ1) is 8.24. The topological polar surface area (TPSA) is 23.5 Å². The van der Waals surface area contributed by atoms with Gasteiger partial charge in [-0.3, -0.25) is 4.90 Å². The molecule has 0 aliphatic carbocycles. The van der Waals surface area contributed by atoms with Crippen molar-refractivity contribution >= 4 is 0 Å². The van der Waals surface area contributed by atoms with Gasteiger partial charge in [-0.1, -0.05) is 39.0 Å². The molecular formula is C15H25NO. The van der Waals surface area contributed by atoms with Crippen LogP contribution in [0.25, 0.3) is 0 Å². The molecule has 0 aromatic heterocycles. The third kappa shape index (κ3) is 3.74. The maximum absolute atomic E-state index is 9.97. The molecule has 96 valence electrons. The number of aromatic hydroxyl groups is 1. The molecule has 0 fully saturated rings. The summed E-state index contributed by atoms with van der Waals surface area (Å²) in [5.74, 6) is 0.427. The maximum atomic E-state index is 9.97. The van der Waals surface area contributed by atoms with Crippen LogP contribution < -0.4 is 0 Å². The van der Waals surface area contributed by atoms with Crippen molar-refractivity contribution in [3.63, 3.8) is 0 Å². The summed E-state index contributed by atoms with van der Waals surface area (Å²) in [6.07, 6.45) is 3.35. The minimum absolute atomic E-state index is 0.344. The minimum Gasteiger partial charge on any atom is -0.508 e. The highest BCUT2D eigenvalue weighted by Gasteiger charge is 2.19. The van der Waals surface area contributed by atoms with Crippen LogP contribution >= 0.6 is 0 Å². The molecule has 0 radical (unpaired) electrons. The Hall–Kier alpha value is -1.02. The molecule has 0 bridgehead atoms. The first-order valence-corrected chi connectivity index (χ1v) is 6.76. The van der Waals surface area contributed by atoms with Gasteiger partial charge in [0.25, 0.3) is 0 Å². The second-order valence-corrected chi connectivity index (χ2v) is 4.52. The fourth-order valence-corrected chi connectivity index (χ4v) is 2.44. The van der Waals surface area contributed by atoms with E-state index in [2.05, 4.69) is 25.7 Å². The van der Waals surface area contributed by atoms with Gasteiger partial charge in [-0.25, -0.2) is 0 Å². The van der Waals surface area contributed by atoms with E-state index in [1.807, 2.05) is 18.2 Å². The Morgan fingerprint density at radius 1 is 1.06 bits per heavy atom. The Labute approximate surface area is 105 Å². The Morgan fingerprint density at radius 2 is 1.65 bits per heavy atom. The number of hydrogen-bond donors (Lipinski definition) is 1. The van der Waals surface area contributed by atoms with Crippen molar-refractivity contribution in [3.05, 3.63) is 29.8 Å². The molecule has 17 heavy (non-hydrogen) atoms. The molecule has 1 aromatic carbocycles. The van der Waals surface area contributed by atoms with Gasteiger partial charge in [0.15, 0.2) is 0 Å². The van der Waals surface area contributed by atoms with E-state index in [4.69, 9.17) is 0 Å². The summed E-state index contributed by atoms with van der Waals surface area (Å²) < 4.78 is 0. The number of para-hydroxylation sites is 1. The van der Waals surface area contributed by atoms with Gasteiger partial charge >= 0.3 is 0 Å². The van der Waals surface area contributed by atoms with Gasteiger partial charge in [0.1, 0.15) is 5.75 Å². The molecule has 0 aliphatic rings. The van der Waals surface area contributed by atoms with Crippen molar-refractivity contribution in [1.29, 1.82) is 0 Å². The summed E-state index contributed by atoms with van der Waals surface area (Å²) in [6.45, 7) is 8.80. The number of rotatable bonds is 7. The molecule has 1 aromatic rings. The highest BCUT2D eigenvalue weighted by Crippen LogP contribution is 2.31. The molecule has 2 heteroatoms. The van der Waals surface area contributed by atoms with Crippen LogP contribution in [0.2, 0.25) is 0 Å². The zero-order valence-electron chi connectivity index (χ0n) is 11.3. The van der Waals surface area contributed by atoms with E-state index in [0.717, 1.165) is 37.9 Å². The molecule has 0 heterocycles. The largest absolute Gasteiger partial charge is 0.508 e. The van der Waals surface area contributed by atoms with Crippen LogP contribution in [0.5, 0.6) is 5.75 Å². The van der Waals surface area contributed by atoms with E-state index in [1.54, 1.807) is 6.07 Å². The van der Waals surface area contributed by atoms with Gasteiger partial charge in [0, 0.05) is 11.6 Å². The SMILES string of the molecule is CCCN(CCC)C(CC)c1ccccc1O. The summed E-state index contributed by atoms with van der Waals surface area (Å²) in [6, 6.07) is 8.07. The Balaban J connectivity index is 2.91. The number of phenols is 1. The van der Waals surface area contributed by atoms with Crippen molar-refractivity contribution in [2.75, 3.05) is 13.1 Å². The van der Waals surface area contributed by atoms with Gasteiger partial charge in [-0.05, 0) is 38.4 Å². The molecule has 1 N–H and O–H groups in total. The van der Waals surface area contributed by atoms with Gasteiger partial charge < -0.3 is 5.11 Å². The van der Waals surface area contributed by atoms with Crippen molar-refractivity contribution in [3.8, 4) is 5.75 Å². The van der Waals surface area contributed by atoms with E-state index in [1.165, 1.54) is 0 Å². The molecule has 1 rings (SSSR count). The average Bonchev–Trinajstić information content (AvgIpc) is 2.33. The van der Waals surface area contributed by atoms with Gasteiger partial charge in [0.2, 0.25) is 0 Å². The fourth-order valence-electron chi connectivity index (χ4n) is 2.44. The average molecular weight is 235 g/mol. The van der Waals surface area contributed by atoms with Crippen molar-refractivity contribution in [1.82, 2.24) is 4.90 Å². The first-order valence-electron chi connectivity index (χ1n) is 6.76. The van der Waals surface area contributed by atoms with Gasteiger partial charge in [0.05, 0.1) is 0 Å². The standard InChI is InChI=1S/C15H25NO/c1-4-11-16(12-5-2)14(6-3)13-9-7-8-10-15(13)17/h7-10,14,17H,4-6,11-12H2,1-3H3. The lowest BCUT2D eigenvalue weighted by Crippen LogP contribution is -2.30. The van der Waals surface area contributed by atoms with E-state index in [9.17, 15) is 5.11 Å². The number of phenolic OH excluding ortho intramolecular Hbond substituents is 1.